The Hall–Kier alpha value is 0.435. The van der Waals surface area contributed by atoms with Crippen LogP contribution >= 0.6 is 12.0 Å². The van der Waals surface area contributed by atoms with Gasteiger partial charge in [0.15, 0.2) is 0 Å². The fraction of sp³-hybridized carbons (Fsp3) is 0.600. The third-order valence-electron chi connectivity index (χ3n) is 1.52. The molecule has 0 spiro atoms. The molecule has 0 N–H and O–H groups in total. The van der Waals surface area contributed by atoms with Gasteiger partial charge in [-0.3, -0.25) is 19.5 Å². The Balaban J connectivity index is 0. The normalized spacial score (nSPS) is 20.4. The topological polar surface area (TPSA) is 78.9 Å². The molecule has 1 fully saturated rings. The number of nitrogens with zero attached hydrogens (tertiary/aromatic N) is 1. The molecule has 0 aliphatic carbocycles. The summed E-state index contributed by atoms with van der Waals surface area (Å²) in [6, 6.07) is 0. The van der Waals surface area contributed by atoms with Crippen molar-refractivity contribution in [1.29, 1.82) is 0 Å². The van der Waals surface area contributed by atoms with Crippen LogP contribution in [0.5, 0.6) is 0 Å². The monoisotopic (exact) mass is 226 g/mol. The van der Waals surface area contributed by atoms with E-state index in [9.17, 15) is 14.8 Å². The molecule has 1 rings (SSSR count). The van der Waals surface area contributed by atoms with Crippen molar-refractivity contribution in [2.75, 3.05) is 7.05 Å². The van der Waals surface area contributed by atoms with Gasteiger partial charge < -0.3 is 5.26 Å². The van der Waals surface area contributed by atoms with Gasteiger partial charge in [-0.15, -0.1) is 0 Å². The summed E-state index contributed by atoms with van der Waals surface area (Å²) in [7, 11) is 1.38. The Morgan fingerprint density at radius 2 is 2.14 bits per heavy atom. The molecule has 0 aromatic carbocycles. The van der Waals surface area contributed by atoms with Crippen LogP contribution in [-0.4, -0.2) is 37.4 Å². The van der Waals surface area contributed by atoms with Crippen molar-refractivity contribution < 1.29 is 53.8 Å². The summed E-state index contributed by atoms with van der Waals surface area (Å²) in [5, 5.41) is 11.8. The third-order valence-corrected chi connectivity index (χ3v) is 2.26. The summed E-state index contributed by atoms with van der Waals surface area (Å²) in [6.45, 7) is 0. The zero-order valence-electron chi connectivity index (χ0n) is 7.76. The first kappa shape index (κ1) is 16.8. The van der Waals surface area contributed by atoms with Crippen molar-refractivity contribution in [2.24, 2.45) is 0 Å². The first-order valence-corrected chi connectivity index (χ1v) is 3.89. The number of amides is 2. The van der Waals surface area contributed by atoms with Gasteiger partial charge in [0.1, 0.15) is 5.25 Å². The van der Waals surface area contributed by atoms with Crippen LogP contribution in [0.1, 0.15) is 6.42 Å². The van der Waals surface area contributed by atoms with Crippen molar-refractivity contribution in [3.63, 3.8) is 0 Å². The van der Waals surface area contributed by atoms with E-state index in [0.29, 0.717) is 12.0 Å². The standard InChI is InChI=1S/C5H7NO5S.B.Na/c1-6-4(7)2-3(5(6)8)12-11-10-9;;/h3,9H,2H2,1H3;;/q;;+1/p-1. The van der Waals surface area contributed by atoms with Crippen LogP contribution in [0, 0.1) is 0 Å². The van der Waals surface area contributed by atoms with Gasteiger partial charge in [-0.2, -0.15) is 4.33 Å². The van der Waals surface area contributed by atoms with Crippen molar-refractivity contribution in [3.8, 4) is 0 Å². The average Bonchev–Trinajstić information content (AvgIpc) is 2.30. The van der Waals surface area contributed by atoms with Gasteiger partial charge in [0.2, 0.25) is 11.8 Å². The Morgan fingerprint density at radius 1 is 1.57 bits per heavy atom. The molecule has 1 aliphatic rings. The average molecular weight is 226 g/mol. The van der Waals surface area contributed by atoms with Crippen molar-refractivity contribution in [2.45, 2.75) is 11.7 Å². The SMILES string of the molecule is CN1C(=O)CC(SOO[O-])C1=O.[B].[Na+]. The number of carbonyl (C=O) groups is 2. The largest absolute Gasteiger partial charge is 1.00 e. The second-order valence-electron chi connectivity index (χ2n) is 2.22. The summed E-state index contributed by atoms with van der Waals surface area (Å²) < 4.78 is 3.95. The fourth-order valence-corrected chi connectivity index (χ4v) is 1.44. The predicted octanol–water partition coefficient (Wildman–Crippen LogP) is -4.76. The van der Waals surface area contributed by atoms with E-state index >= 15 is 0 Å². The van der Waals surface area contributed by atoms with Crippen LogP contribution < -0.4 is 34.8 Å². The maximum atomic E-state index is 11.1. The summed E-state index contributed by atoms with van der Waals surface area (Å²) in [5.74, 6) is -0.658. The maximum Gasteiger partial charge on any atom is 1.00 e. The van der Waals surface area contributed by atoms with Gasteiger partial charge in [0.25, 0.3) is 0 Å². The number of likely N-dealkylation sites (tertiary alicyclic amines) is 1. The summed E-state index contributed by atoms with van der Waals surface area (Å²) >= 11 is 0.553. The van der Waals surface area contributed by atoms with Gasteiger partial charge in [-0.1, -0.05) is 0 Å². The van der Waals surface area contributed by atoms with Crippen molar-refractivity contribution in [3.05, 3.63) is 0 Å². The molecular formula is C5H6BNNaO5S. The second-order valence-corrected chi connectivity index (χ2v) is 3.11. The summed E-state index contributed by atoms with van der Waals surface area (Å²) in [4.78, 5) is 22.9. The molecule has 0 bridgehead atoms. The second kappa shape index (κ2) is 7.69. The number of carbonyl (C=O) groups excluding carboxylic acids is 2. The fourth-order valence-electron chi connectivity index (χ4n) is 0.860. The minimum absolute atomic E-state index is 0. The quantitative estimate of drug-likeness (QED) is 0.158. The zero-order chi connectivity index (χ0) is 9.14. The molecule has 14 heavy (non-hydrogen) atoms. The zero-order valence-corrected chi connectivity index (χ0v) is 10.6. The number of hydrogen-bond donors (Lipinski definition) is 0. The molecule has 6 nitrogen and oxygen atoms in total. The van der Waals surface area contributed by atoms with Gasteiger partial charge in [0.05, 0.1) is 6.42 Å². The van der Waals surface area contributed by atoms with Gasteiger partial charge in [-0.25, -0.2) is 0 Å². The molecule has 1 atom stereocenters. The first-order valence-electron chi connectivity index (χ1n) is 3.09. The molecule has 2 amide bonds. The van der Waals surface area contributed by atoms with E-state index in [0.717, 1.165) is 4.90 Å². The van der Waals surface area contributed by atoms with E-state index in [1.54, 1.807) is 0 Å². The Labute approximate surface area is 109 Å². The van der Waals surface area contributed by atoms with E-state index in [2.05, 4.69) is 9.37 Å². The molecule has 1 heterocycles. The van der Waals surface area contributed by atoms with E-state index in [-0.39, 0.29) is 56.2 Å². The van der Waals surface area contributed by atoms with E-state index in [1.807, 2.05) is 0 Å². The van der Waals surface area contributed by atoms with Crippen LogP contribution in [0.2, 0.25) is 0 Å². The molecule has 1 aliphatic heterocycles. The Bertz CT molecular complexity index is 218. The van der Waals surface area contributed by atoms with Gasteiger partial charge >= 0.3 is 29.6 Å². The number of imide groups is 1. The summed E-state index contributed by atoms with van der Waals surface area (Å²) in [5.41, 5.74) is 0. The van der Waals surface area contributed by atoms with E-state index < -0.39 is 5.25 Å². The molecule has 0 aromatic rings. The maximum absolute atomic E-state index is 11.1. The molecule has 0 aromatic heterocycles. The van der Waals surface area contributed by atoms with Gasteiger partial charge in [-0.05, 0) is 0 Å². The minimum Gasteiger partial charge on any atom is -0.691 e. The molecule has 0 saturated carbocycles. The van der Waals surface area contributed by atoms with Crippen LogP contribution in [0.4, 0.5) is 0 Å². The van der Waals surface area contributed by atoms with Crippen LogP contribution in [0.3, 0.4) is 0 Å². The number of rotatable bonds is 3. The molecular weight excluding hydrogens is 220 g/mol. The molecule has 9 heteroatoms. The third kappa shape index (κ3) is 3.89. The number of hydrogen-bond acceptors (Lipinski definition) is 6. The first-order chi connectivity index (χ1) is 5.66. The van der Waals surface area contributed by atoms with Crippen molar-refractivity contribution in [1.82, 2.24) is 4.90 Å². The molecule has 71 valence electrons. The van der Waals surface area contributed by atoms with Crippen LogP contribution in [-0.2, 0) is 19.0 Å². The molecule has 3 radical (unpaired) electrons. The molecule has 1 saturated heterocycles. The van der Waals surface area contributed by atoms with Gasteiger partial charge in [0, 0.05) is 27.5 Å². The van der Waals surface area contributed by atoms with Crippen LogP contribution in [0.15, 0.2) is 0 Å². The van der Waals surface area contributed by atoms with Crippen molar-refractivity contribution >= 4 is 32.3 Å². The summed E-state index contributed by atoms with van der Waals surface area (Å²) in [6.07, 6.45) is 0.0450. The smallest absolute Gasteiger partial charge is 0.691 e. The van der Waals surface area contributed by atoms with E-state index in [1.165, 1.54) is 7.05 Å². The minimum atomic E-state index is -0.656. The van der Waals surface area contributed by atoms with Crippen LogP contribution in [0.25, 0.3) is 0 Å². The predicted molar refractivity (Wildman–Crippen MR) is 41.7 cm³/mol. The van der Waals surface area contributed by atoms with E-state index in [4.69, 9.17) is 0 Å². The Morgan fingerprint density at radius 3 is 2.50 bits per heavy atom. The molecule has 1 unspecified atom stereocenters. The Kier molecular flexibility index (Phi) is 9.26.